The number of benzene rings is 1. The molecule has 0 amide bonds. The smallest absolute Gasteiger partial charge is 0.231 e. The fourth-order valence-corrected chi connectivity index (χ4v) is 3.05. The fraction of sp³-hybridized carbons (Fsp3) is 0.429. The molecule has 1 aromatic heterocycles. The standard InChI is InChI=1S/C14H16BrN3O/c1-9-4-5-11(12(15)7-9)13-17-14(19-18-13)10-3-2-6-16-8-10/h4-5,7,10,16H,2-3,6,8H2,1H3/t10-/m0/s1. The maximum Gasteiger partial charge on any atom is 0.231 e. The molecule has 0 unspecified atom stereocenters. The van der Waals surface area contributed by atoms with E-state index in [1.54, 1.807) is 0 Å². The summed E-state index contributed by atoms with van der Waals surface area (Å²) in [6, 6.07) is 6.14. The molecule has 2 aromatic rings. The normalized spacial score (nSPS) is 19.6. The monoisotopic (exact) mass is 321 g/mol. The van der Waals surface area contributed by atoms with Crippen molar-refractivity contribution in [3.05, 3.63) is 34.1 Å². The van der Waals surface area contributed by atoms with E-state index in [-0.39, 0.29) is 0 Å². The van der Waals surface area contributed by atoms with Gasteiger partial charge in [0, 0.05) is 16.6 Å². The van der Waals surface area contributed by atoms with E-state index >= 15 is 0 Å². The third-order valence-corrected chi connectivity index (χ3v) is 4.11. The van der Waals surface area contributed by atoms with Crippen LogP contribution in [0.1, 0.15) is 30.2 Å². The van der Waals surface area contributed by atoms with E-state index in [4.69, 9.17) is 4.52 Å². The highest BCUT2D eigenvalue weighted by atomic mass is 79.9. The van der Waals surface area contributed by atoms with Crippen LogP contribution in [-0.4, -0.2) is 23.2 Å². The molecule has 1 aliphatic rings. The van der Waals surface area contributed by atoms with Gasteiger partial charge in [0.05, 0.1) is 5.92 Å². The Kier molecular flexibility index (Phi) is 3.66. The van der Waals surface area contributed by atoms with Crippen molar-refractivity contribution in [2.75, 3.05) is 13.1 Å². The fourth-order valence-electron chi connectivity index (χ4n) is 2.37. The molecule has 2 heterocycles. The Bertz CT molecular complexity index is 576. The van der Waals surface area contributed by atoms with Crippen molar-refractivity contribution in [3.8, 4) is 11.4 Å². The summed E-state index contributed by atoms with van der Waals surface area (Å²) in [5, 5.41) is 7.47. The zero-order chi connectivity index (χ0) is 13.2. The van der Waals surface area contributed by atoms with E-state index in [9.17, 15) is 0 Å². The van der Waals surface area contributed by atoms with Crippen LogP contribution in [-0.2, 0) is 0 Å². The molecule has 1 atom stereocenters. The minimum atomic E-state index is 0.347. The van der Waals surface area contributed by atoms with E-state index in [2.05, 4.69) is 50.4 Å². The summed E-state index contributed by atoms with van der Waals surface area (Å²) >= 11 is 3.56. The number of hydrogen-bond donors (Lipinski definition) is 1. The Morgan fingerprint density at radius 2 is 2.32 bits per heavy atom. The van der Waals surface area contributed by atoms with E-state index in [0.29, 0.717) is 11.7 Å². The van der Waals surface area contributed by atoms with Crippen molar-refractivity contribution in [3.63, 3.8) is 0 Å². The van der Waals surface area contributed by atoms with E-state index in [1.807, 2.05) is 6.07 Å². The molecule has 5 heteroatoms. The zero-order valence-electron chi connectivity index (χ0n) is 10.8. The van der Waals surface area contributed by atoms with Crippen LogP contribution >= 0.6 is 15.9 Å². The van der Waals surface area contributed by atoms with Crippen LogP contribution in [0.3, 0.4) is 0 Å². The first-order valence-corrected chi connectivity index (χ1v) is 7.34. The Balaban J connectivity index is 1.87. The van der Waals surface area contributed by atoms with Gasteiger partial charge in [0.2, 0.25) is 11.7 Å². The number of aryl methyl sites for hydroxylation is 1. The second-order valence-electron chi connectivity index (χ2n) is 4.98. The van der Waals surface area contributed by atoms with Gasteiger partial charge in [-0.1, -0.05) is 27.2 Å². The molecule has 1 aromatic carbocycles. The number of aromatic nitrogens is 2. The predicted molar refractivity (Wildman–Crippen MR) is 77.0 cm³/mol. The summed E-state index contributed by atoms with van der Waals surface area (Å²) in [6.07, 6.45) is 2.28. The predicted octanol–water partition coefficient (Wildman–Crippen LogP) is 3.27. The Morgan fingerprint density at radius 1 is 1.42 bits per heavy atom. The molecule has 1 aliphatic heterocycles. The molecule has 0 spiro atoms. The van der Waals surface area contributed by atoms with Crippen LogP contribution < -0.4 is 5.32 Å². The quantitative estimate of drug-likeness (QED) is 0.922. The third kappa shape index (κ3) is 2.72. The Morgan fingerprint density at radius 3 is 3.05 bits per heavy atom. The highest BCUT2D eigenvalue weighted by Crippen LogP contribution is 2.29. The molecule has 100 valence electrons. The lowest BCUT2D eigenvalue weighted by atomic mass is 10.00. The van der Waals surface area contributed by atoms with Gasteiger partial charge in [-0.3, -0.25) is 0 Å². The van der Waals surface area contributed by atoms with Gasteiger partial charge < -0.3 is 9.84 Å². The lowest BCUT2D eigenvalue weighted by Gasteiger charge is -2.18. The topological polar surface area (TPSA) is 51.0 Å². The lowest BCUT2D eigenvalue weighted by molar-refractivity contribution is 0.322. The van der Waals surface area contributed by atoms with E-state index < -0.39 is 0 Å². The second kappa shape index (κ2) is 5.43. The molecular formula is C14H16BrN3O. The number of nitrogens with one attached hydrogen (secondary N) is 1. The van der Waals surface area contributed by atoms with Gasteiger partial charge in [-0.05, 0) is 44.0 Å². The van der Waals surface area contributed by atoms with Crippen LogP contribution in [0.2, 0.25) is 0 Å². The van der Waals surface area contributed by atoms with Crippen molar-refractivity contribution in [2.24, 2.45) is 0 Å². The first kappa shape index (κ1) is 12.8. The van der Waals surface area contributed by atoms with Crippen LogP contribution in [0.25, 0.3) is 11.4 Å². The van der Waals surface area contributed by atoms with Crippen LogP contribution in [0.5, 0.6) is 0 Å². The first-order chi connectivity index (χ1) is 9.24. The molecule has 1 saturated heterocycles. The van der Waals surface area contributed by atoms with Crippen molar-refractivity contribution in [1.29, 1.82) is 0 Å². The van der Waals surface area contributed by atoms with Crippen molar-refractivity contribution in [2.45, 2.75) is 25.7 Å². The summed E-state index contributed by atoms with van der Waals surface area (Å²) in [5.41, 5.74) is 2.18. The van der Waals surface area contributed by atoms with E-state index in [1.165, 1.54) is 5.56 Å². The minimum Gasteiger partial charge on any atom is -0.339 e. The summed E-state index contributed by atoms with van der Waals surface area (Å²) < 4.78 is 6.42. The number of hydrogen-bond acceptors (Lipinski definition) is 4. The maximum atomic E-state index is 5.42. The molecular weight excluding hydrogens is 306 g/mol. The average Bonchev–Trinajstić information content (AvgIpc) is 2.89. The Labute approximate surface area is 120 Å². The zero-order valence-corrected chi connectivity index (χ0v) is 12.4. The number of piperidine rings is 1. The van der Waals surface area contributed by atoms with Crippen LogP contribution in [0, 0.1) is 6.92 Å². The molecule has 1 fully saturated rings. The van der Waals surface area contributed by atoms with Gasteiger partial charge in [0.25, 0.3) is 0 Å². The number of rotatable bonds is 2. The van der Waals surface area contributed by atoms with Gasteiger partial charge in [-0.2, -0.15) is 4.98 Å². The molecule has 19 heavy (non-hydrogen) atoms. The van der Waals surface area contributed by atoms with Crippen LogP contribution in [0.15, 0.2) is 27.2 Å². The van der Waals surface area contributed by atoms with Gasteiger partial charge in [-0.25, -0.2) is 0 Å². The molecule has 1 N–H and O–H groups in total. The van der Waals surface area contributed by atoms with Crippen molar-refractivity contribution >= 4 is 15.9 Å². The molecule has 0 saturated carbocycles. The Hall–Kier alpha value is -1.20. The van der Waals surface area contributed by atoms with Gasteiger partial charge in [-0.15, -0.1) is 0 Å². The van der Waals surface area contributed by atoms with Gasteiger partial charge >= 0.3 is 0 Å². The van der Waals surface area contributed by atoms with E-state index in [0.717, 1.165) is 41.9 Å². The highest BCUT2D eigenvalue weighted by Gasteiger charge is 2.22. The lowest BCUT2D eigenvalue weighted by Crippen LogP contribution is -2.28. The summed E-state index contributed by atoms with van der Waals surface area (Å²) in [7, 11) is 0. The molecule has 0 bridgehead atoms. The first-order valence-electron chi connectivity index (χ1n) is 6.55. The summed E-state index contributed by atoms with van der Waals surface area (Å²) in [6.45, 7) is 4.07. The van der Waals surface area contributed by atoms with Crippen molar-refractivity contribution in [1.82, 2.24) is 15.5 Å². The summed E-state index contributed by atoms with van der Waals surface area (Å²) in [5.74, 6) is 1.75. The minimum absolute atomic E-state index is 0.347. The SMILES string of the molecule is Cc1ccc(-c2noc([C@H]3CCCNC3)n2)c(Br)c1. The molecule has 4 nitrogen and oxygen atoms in total. The van der Waals surface area contributed by atoms with Crippen LogP contribution in [0.4, 0.5) is 0 Å². The van der Waals surface area contributed by atoms with Gasteiger partial charge in [0.15, 0.2) is 0 Å². The molecule has 0 radical (unpaired) electrons. The molecule has 3 rings (SSSR count). The van der Waals surface area contributed by atoms with Gasteiger partial charge in [0.1, 0.15) is 0 Å². The number of halogens is 1. The summed E-state index contributed by atoms with van der Waals surface area (Å²) in [4.78, 5) is 4.55. The van der Waals surface area contributed by atoms with Crippen molar-refractivity contribution < 1.29 is 4.52 Å². The highest BCUT2D eigenvalue weighted by molar-refractivity contribution is 9.10. The third-order valence-electron chi connectivity index (χ3n) is 3.45. The largest absolute Gasteiger partial charge is 0.339 e. The number of nitrogens with zero attached hydrogens (tertiary/aromatic N) is 2. The second-order valence-corrected chi connectivity index (χ2v) is 5.84. The average molecular weight is 322 g/mol. The molecule has 0 aliphatic carbocycles. The maximum absolute atomic E-state index is 5.42.